The van der Waals surface area contributed by atoms with Crippen molar-refractivity contribution in [2.75, 3.05) is 31.6 Å². The fourth-order valence-electron chi connectivity index (χ4n) is 5.12. The highest BCUT2D eigenvalue weighted by Crippen LogP contribution is 2.34. The van der Waals surface area contributed by atoms with Crippen LogP contribution in [0.3, 0.4) is 0 Å². The fourth-order valence-corrected chi connectivity index (χ4v) is 5.12. The maximum Gasteiger partial charge on any atom is 0.387 e. The van der Waals surface area contributed by atoms with Gasteiger partial charge in [-0.2, -0.15) is 8.78 Å². The molecular formula is C30H32F2N2O3. The van der Waals surface area contributed by atoms with Crippen molar-refractivity contribution in [2.24, 2.45) is 5.92 Å². The highest BCUT2D eigenvalue weighted by Gasteiger charge is 2.33. The van der Waals surface area contributed by atoms with E-state index in [0.717, 1.165) is 48.7 Å². The first-order chi connectivity index (χ1) is 18.0. The van der Waals surface area contributed by atoms with Gasteiger partial charge in [-0.25, -0.2) is 0 Å². The number of carbonyl (C=O) groups excluding carboxylic acids is 1. The van der Waals surface area contributed by atoms with Gasteiger partial charge in [0.15, 0.2) is 11.5 Å². The van der Waals surface area contributed by atoms with Crippen molar-refractivity contribution < 1.29 is 23.0 Å². The Hall–Kier alpha value is -3.45. The Morgan fingerprint density at radius 3 is 2.49 bits per heavy atom. The number of methoxy groups -OCH3 is 1. The lowest BCUT2D eigenvalue weighted by Crippen LogP contribution is -2.44. The number of carbonyl (C=O) groups is 1. The molecule has 0 radical (unpaired) electrons. The minimum Gasteiger partial charge on any atom is -0.493 e. The van der Waals surface area contributed by atoms with E-state index >= 15 is 0 Å². The zero-order valence-corrected chi connectivity index (χ0v) is 21.0. The third-order valence-corrected chi connectivity index (χ3v) is 7.22. The van der Waals surface area contributed by atoms with Gasteiger partial charge in [0.2, 0.25) is 0 Å². The van der Waals surface area contributed by atoms with Crippen molar-refractivity contribution in [1.82, 2.24) is 4.90 Å². The Kier molecular flexibility index (Phi) is 7.70. The molecule has 2 aliphatic rings. The van der Waals surface area contributed by atoms with Gasteiger partial charge in [-0.1, -0.05) is 42.5 Å². The van der Waals surface area contributed by atoms with Crippen LogP contribution in [0.15, 0.2) is 72.8 Å². The number of hydrogen-bond donors (Lipinski definition) is 0. The lowest BCUT2D eigenvalue weighted by Gasteiger charge is -2.31. The monoisotopic (exact) mass is 506 g/mol. The fraction of sp³-hybridized carbons (Fsp3) is 0.367. The lowest BCUT2D eigenvalue weighted by atomic mass is 10.0. The van der Waals surface area contributed by atoms with Crippen molar-refractivity contribution in [3.05, 3.63) is 78.4 Å². The first-order valence-electron chi connectivity index (χ1n) is 12.9. The molecular weight excluding hydrogens is 474 g/mol. The largest absolute Gasteiger partial charge is 0.493 e. The van der Waals surface area contributed by atoms with Crippen LogP contribution < -0.4 is 14.4 Å². The van der Waals surface area contributed by atoms with Crippen LogP contribution in [0.4, 0.5) is 14.5 Å². The van der Waals surface area contributed by atoms with E-state index in [1.165, 1.54) is 38.2 Å². The van der Waals surface area contributed by atoms with E-state index < -0.39 is 6.61 Å². The summed E-state index contributed by atoms with van der Waals surface area (Å²) in [5.41, 5.74) is 3.25. The molecule has 194 valence electrons. The predicted octanol–water partition coefficient (Wildman–Crippen LogP) is 6.48. The van der Waals surface area contributed by atoms with Gasteiger partial charge in [-0.05, 0) is 79.6 Å². The summed E-state index contributed by atoms with van der Waals surface area (Å²) in [6, 6.07) is 22.7. The number of rotatable bonds is 10. The Labute approximate surface area is 216 Å². The summed E-state index contributed by atoms with van der Waals surface area (Å²) in [6.07, 6.45) is 4.74. The molecule has 1 aliphatic heterocycles. The highest BCUT2D eigenvalue weighted by atomic mass is 19.3. The van der Waals surface area contributed by atoms with Crippen molar-refractivity contribution in [3.63, 3.8) is 0 Å². The molecule has 0 bridgehead atoms. The molecule has 3 aromatic rings. The number of likely N-dealkylation sites (tertiary alicyclic amines) is 1. The molecule has 0 aromatic heterocycles. The topological polar surface area (TPSA) is 42.0 Å². The second kappa shape index (κ2) is 11.3. The molecule has 5 rings (SSSR count). The highest BCUT2D eigenvalue weighted by molar-refractivity contribution is 6.06. The van der Waals surface area contributed by atoms with Gasteiger partial charge in [0, 0.05) is 30.4 Å². The number of anilines is 1. The van der Waals surface area contributed by atoms with E-state index in [1.54, 1.807) is 0 Å². The minimum absolute atomic E-state index is 0.0976. The summed E-state index contributed by atoms with van der Waals surface area (Å²) in [7, 11) is 1.37. The minimum atomic E-state index is -2.98. The number of alkyl halides is 2. The Balaban J connectivity index is 1.48. The molecule has 37 heavy (non-hydrogen) atoms. The van der Waals surface area contributed by atoms with Crippen LogP contribution in [0.25, 0.3) is 11.1 Å². The number of benzene rings is 3. The summed E-state index contributed by atoms with van der Waals surface area (Å²) < 4.78 is 35.5. The molecule has 3 aromatic carbocycles. The molecule has 0 spiro atoms. The quantitative estimate of drug-likeness (QED) is 0.315. The molecule has 0 N–H and O–H groups in total. The van der Waals surface area contributed by atoms with Gasteiger partial charge < -0.3 is 14.4 Å². The van der Waals surface area contributed by atoms with Crippen LogP contribution in [-0.2, 0) is 0 Å². The smallest absolute Gasteiger partial charge is 0.387 e. The normalized spacial score (nSPS) is 17.7. The van der Waals surface area contributed by atoms with Gasteiger partial charge >= 0.3 is 6.61 Å². The van der Waals surface area contributed by atoms with Crippen LogP contribution in [0.5, 0.6) is 11.5 Å². The van der Waals surface area contributed by atoms with Gasteiger partial charge in [0.1, 0.15) is 0 Å². The summed E-state index contributed by atoms with van der Waals surface area (Å²) in [5.74, 6) is 0.571. The first-order valence-corrected chi connectivity index (χ1v) is 12.9. The number of hydrogen-bond acceptors (Lipinski definition) is 4. The first kappa shape index (κ1) is 25.2. The second-order valence-electron chi connectivity index (χ2n) is 9.81. The molecule has 0 unspecified atom stereocenters. The molecule has 1 aliphatic carbocycles. The van der Waals surface area contributed by atoms with Crippen LogP contribution >= 0.6 is 0 Å². The van der Waals surface area contributed by atoms with E-state index in [-0.39, 0.29) is 23.4 Å². The second-order valence-corrected chi connectivity index (χ2v) is 9.81. The average molecular weight is 507 g/mol. The van der Waals surface area contributed by atoms with Crippen molar-refractivity contribution in [3.8, 4) is 22.6 Å². The van der Waals surface area contributed by atoms with E-state index in [4.69, 9.17) is 4.74 Å². The van der Waals surface area contributed by atoms with Gasteiger partial charge in [0.05, 0.1) is 7.11 Å². The Morgan fingerprint density at radius 2 is 1.76 bits per heavy atom. The molecule has 1 saturated carbocycles. The Bertz CT molecular complexity index is 1220. The SMILES string of the molecule is COc1cc(C(=O)N(C[C@@H]2CCCN2CC2CC2)c2cccc(-c3ccccc3)c2)ccc1OC(F)F. The number of halogens is 2. The number of ether oxygens (including phenoxy) is 2. The van der Waals surface area contributed by atoms with Crippen molar-refractivity contribution in [1.29, 1.82) is 0 Å². The van der Waals surface area contributed by atoms with Crippen LogP contribution in [0.1, 0.15) is 36.0 Å². The van der Waals surface area contributed by atoms with E-state index in [9.17, 15) is 13.6 Å². The van der Waals surface area contributed by atoms with E-state index in [2.05, 4.69) is 9.64 Å². The predicted molar refractivity (Wildman–Crippen MR) is 140 cm³/mol. The lowest BCUT2D eigenvalue weighted by molar-refractivity contribution is -0.0512. The molecule has 1 atom stereocenters. The van der Waals surface area contributed by atoms with Crippen LogP contribution in [0.2, 0.25) is 0 Å². The molecule has 1 heterocycles. The van der Waals surface area contributed by atoms with Crippen molar-refractivity contribution in [2.45, 2.75) is 38.3 Å². The van der Waals surface area contributed by atoms with Gasteiger partial charge in [0.25, 0.3) is 5.91 Å². The Morgan fingerprint density at radius 1 is 0.973 bits per heavy atom. The third kappa shape index (κ3) is 6.10. The van der Waals surface area contributed by atoms with Crippen LogP contribution in [-0.4, -0.2) is 50.2 Å². The summed E-state index contributed by atoms with van der Waals surface area (Å²) in [4.78, 5) is 18.3. The van der Waals surface area contributed by atoms with Crippen LogP contribution in [0, 0.1) is 5.92 Å². The van der Waals surface area contributed by atoms with Gasteiger partial charge in [-0.3, -0.25) is 9.69 Å². The maximum absolute atomic E-state index is 14.0. The number of amides is 1. The zero-order chi connectivity index (χ0) is 25.8. The summed E-state index contributed by atoms with van der Waals surface area (Å²) in [6.45, 7) is -0.278. The molecule has 7 heteroatoms. The molecule has 2 fully saturated rings. The maximum atomic E-state index is 14.0. The summed E-state index contributed by atoms with van der Waals surface area (Å²) >= 11 is 0. The average Bonchev–Trinajstić information content (AvgIpc) is 3.64. The van der Waals surface area contributed by atoms with Gasteiger partial charge in [-0.15, -0.1) is 0 Å². The standard InChI is InChI=1S/C30H32F2N2O3/c1-36-28-18-24(14-15-27(28)37-30(31)32)29(35)34(20-26-11-6-16-33(26)19-21-12-13-21)25-10-5-9-23(17-25)22-7-3-2-4-8-22/h2-5,7-10,14-15,17-18,21,26,30H,6,11-13,16,19-20H2,1H3/t26-/m0/s1. The summed E-state index contributed by atoms with van der Waals surface area (Å²) in [5, 5.41) is 0. The molecule has 5 nitrogen and oxygen atoms in total. The third-order valence-electron chi connectivity index (χ3n) is 7.22. The molecule has 1 amide bonds. The zero-order valence-electron chi connectivity index (χ0n) is 21.0. The van der Waals surface area contributed by atoms with E-state index in [0.29, 0.717) is 12.1 Å². The number of nitrogens with zero attached hydrogens (tertiary/aromatic N) is 2. The van der Waals surface area contributed by atoms with E-state index in [1.807, 2.05) is 59.5 Å². The molecule has 1 saturated heterocycles. The van der Waals surface area contributed by atoms with Crippen molar-refractivity contribution >= 4 is 11.6 Å².